The first-order valence-corrected chi connectivity index (χ1v) is 15.8. The third-order valence-electron chi connectivity index (χ3n) is 8.47. The highest BCUT2D eigenvalue weighted by Crippen LogP contribution is 2.40. The molecule has 0 saturated heterocycles. The highest BCUT2D eigenvalue weighted by molar-refractivity contribution is 6.09. The molecule has 2 nitrogen and oxygen atoms in total. The van der Waals surface area contributed by atoms with Crippen LogP contribution in [0.3, 0.4) is 0 Å². The van der Waals surface area contributed by atoms with E-state index in [1.807, 2.05) is 84.9 Å². The lowest BCUT2D eigenvalue weighted by molar-refractivity contribution is 1.18. The number of fused-ring (bicyclic) bond motifs is 3. The molecule has 0 atom stereocenters. The fraction of sp³-hybridized carbons (Fsp3) is 0. The molecule has 9 rings (SSSR count). The topological polar surface area (TPSA) is 8.17 Å². The minimum absolute atomic E-state index is 0.198. The number of nitrogens with zero attached hydrogens (tertiary/aromatic N) is 2. The predicted molar refractivity (Wildman–Crippen MR) is 212 cm³/mol. The molecule has 236 valence electrons. The molecule has 0 amide bonds. The molecule has 0 fully saturated rings. The van der Waals surface area contributed by atoms with Crippen molar-refractivity contribution in [2.45, 2.75) is 0 Å². The Kier molecular flexibility index (Phi) is 4.38. The maximum atomic E-state index is 9.63. The second kappa shape index (κ2) is 12.8. The summed E-state index contributed by atoms with van der Waals surface area (Å²) in [6.45, 7) is 0. The summed E-state index contributed by atoms with van der Waals surface area (Å²) in [5.41, 5.74) is 1.64. The van der Waals surface area contributed by atoms with Crippen LogP contribution in [0.5, 0.6) is 0 Å². The maximum Gasteiger partial charge on any atom is 0.0645 e. The molecule has 8 aromatic carbocycles. The Labute approximate surface area is 315 Å². The van der Waals surface area contributed by atoms with Crippen LogP contribution in [0.4, 0.5) is 17.1 Å². The van der Waals surface area contributed by atoms with Gasteiger partial charge in [0.2, 0.25) is 0 Å². The molecule has 0 spiro atoms. The lowest BCUT2D eigenvalue weighted by Gasteiger charge is -2.26. The Hall–Kier alpha value is -6.64. The van der Waals surface area contributed by atoms with Crippen molar-refractivity contribution in [2.24, 2.45) is 0 Å². The van der Waals surface area contributed by atoms with Crippen LogP contribution < -0.4 is 4.90 Å². The number of anilines is 3. The second-order valence-electron chi connectivity index (χ2n) is 11.4. The molecule has 0 aliphatic rings. The molecular formula is C48H34N2. The number of hydrogen-bond donors (Lipinski definition) is 0. The second-order valence-corrected chi connectivity index (χ2v) is 11.4. The third kappa shape index (κ3) is 5.34. The Bertz CT molecular complexity index is 3280. The molecule has 0 saturated carbocycles. The summed E-state index contributed by atoms with van der Waals surface area (Å²) >= 11 is 0. The van der Waals surface area contributed by atoms with Crippen LogP contribution >= 0.6 is 0 Å². The Morgan fingerprint density at radius 1 is 0.360 bits per heavy atom. The molecule has 1 aromatic heterocycles. The quantitative estimate of drug-likeness (QED) is 0.166. The molecule has 1 heterocycles. The van der Waals surface area contributed by atoms with Crippen molar-refractivity contribution in [2.75, 3.05) is 4.90 Å². The molecule has 2 heteroatoms. The minimum atomic E-state index is -0.843. The highest BCUT2D eigenvalue weighted by atomic mass is 15.1. The number of rotatable bonds is 7. The molecule has 0 N–H and O–H groups in total. The summed E-state index contributed by atoms with van der Waals surface area (Å²) in [6, 6.07) is 22.0. The van der Waals surface area contributed by atoms with Crippen molar-refractivity contribution in [3.8, 4) is 39.1 Å². The van der Waals surface area contributed by atoms with Crippen molar-refractivity contribution in [3.05, 3.63) is 206 Å². The van der Waals surface area contributed by atoms with E-state index >= 15 is 0 Å². The van der Waals surface area contributed by atoms with Gasteiger partial charge in [0.05, 0.1) is 38.7 Å². The molecule has 9 aromatic rings. The molecule has 0 radical (unpaired) electrons. The van der Waals surface area contributed by atoms with Crippen LogP contribution in [-0.2, 0) is 0 Å². The van der Waals surface area contributed by atoms with E-state index in [0.717, 1.165) is 26.8 Å². The van der Waals surface area contributed by atoms with E-state index in [2.05, 4.69) is 0 Å². The summed E-state index contributed by atoms with van der Waals surface area (Å²) in [7, 11) is 0. The van der Waals surface area contributed by atoms with Crippen molar-refractivity contribution >= 4 is 38.9 Å². The van der Waals surface area contributed by atoms with Gasteiger partial charge < -0.3 is 9.47 Å². The third-order valence-corrected chi connectivity index (χ3v) is 8.47. The SMILES string of the molecule is [2H]c1c([2H])c([2H])c(-n2c3c([2H])c([2H])c([2H])c([2H])c3c3c([2H])c([2H])c([2H])c([2H])c32)c(-c2c([2H])c([2H])c(N(c3ccc(-c4ccccc4)cc3)c3ccc(-c4ccccc4)cc3)c([2H])c2[2H])c1[2H]. The summed E-state index contributed by atoms with van der Waals surface area (Å²) in [6.07, 6.45) is 0. The van der Waals surface area contributed by atoms with Gasteiger partial charge in [0.1, 0.15) is 0 Å². The molecular weight excluding hydrogens is 605 g/mol. The standard InChI is InChI=1S/C48H34N2/c1-3-13-35(14-4-1)37-23-29-40(30-24-37)49(41-31-25-38(26-32-41)36-15-5-2-6-16-36)42-33-27-39(28-34-42)43-17-7-10-20-46(43)50-47-21-11-8-18-44(47)45-19-9-12-22-48(45)50/h1-34H/i7D,8D,9D,10D,11D,12D,17D,18D,19D,20D,21D,22D,27D,28D,33D,34D. The Morgan fingerprint density at radius 3 is 1.32 bits per heavy atom. The van der Waals surface area contributed by atoms with Crippen LogP contribution in [0.25, 0.3) is 60.9 Å². The zero-order valence-electron chi connectivity index (χ0n) is 42.3. The number of aromatic nitrogens is 1. The summed E-state index contributed by atoms with van der Waals surface area (Å²) in [5.74, 6) is 0. The van der Waals surface area contributed by atoms with E-state index in [-0.39, 0.29) is 16.5 Å². The van der Waals surface area contributed by atoms with Crippen molar-refractivity contribution in [1.82, 2.24) is 4.57 Å². The van der Waals surface area contributed by atoms with E-state index in [1.54, 1.807) is 29.2 Å². The van der Waals surface area contributed by atoms with E-state index in [9.17, 15) is 8.22 Å². The number of para-hydroxylation sites is 3. The first-order valence-electron chi connectivity index (χ1n) is 23.8. The maximum absolute atomic E-state index is 9.63. The zero-order valence-corrected chi connectivity index (χ0v) is 26.3. The smallest absolute Gasteiger partial charge is 0.0645 e. The predicted octanol–water partition coefficient (Wildman–Crippen LogP) is 13.3. The van der Waals surface area contributed by atoms with Crippen molar-refractivity contribution in [3.63, 3.8) is 0 Å². The number of benzene rings is 8. The molecule has 50 heavy (non-hydrogen) atoms. The van der Waals surface area contributed by atoms with Crippen LogP contribution in [0.15, 0.2) is 206 Å². The van der Waals surface area contributed by atoms with Gasteiger partial charge in [-0.15, -0.1) is 0 Å². The summed E-state index contributed by atoms with van der Waals surface area (Å²) in [4.78, 5) is 1.56. The van der Waals surface area contributed by atoms with Gasteiger partial charge in [-0.1, -0.05) is 151 Å². The lowest BCUT2D eigenvalue weighted by atomic mass is 10.0. The first kappa shape index (κ1) is 17.1. The van der Waals surface area contributed by atoms with Crippen molar-refractivity contribution in [1.29, 1.82) is 0 Å². The summed E-state index contributed by atoms with van der Waals surface area (Å²) < 4.78 is 145. The van der Waals surface area contributed by atoms with Gasteiger partial charge in [-0.2, -0.15) is 0 Å². The monoisotopic (exact) mass is 654 g/mol. The molecule has 0 bridgehead atoms. The van der Waals surface area contributed by atoms with E-state index in [0.29, 0.717) is 11.4 Å². The first-order chi connectivity index (χ1) is 31.5. The van der Waals surface area contributed by atoms with Gasteiger partial charge in [0.15, 0.2) is 0 Å². The Morgan fingerprint density at radius 2 is 0.800 bits per heavy atom. The van der Waals surface area contributed by atoms with Crippen LogP contribution in [-0.4, -0.2) is 4.57 Å². The van der Waals surface area contributed by atoms with Gasteiger partial charge in [0, 0.05) is 33.4 Å². The van der Waals surface area contributed by atoms with E-state index in [4.69, 9.17) is 13.7 Å². The van der Waals surface area contributed by atoms with Crippen LogP contribution in [0.2, 0.25) is 0 Å². The van der Waals surface area contributed by atoms with Gasteiger partial charge in [-0.05, 0) is 82.3 Å². The fourth-order valence-corrected chi connectivity index (χ4v) is 6.12. The van der Waals surface area contributed by atoms with Gasteiger partial charge in [0.25, 0.3) is 0 Å². The average Bonchev–Trinajstić information content (AvgIpc) is 3.70. The molecule has 0 aliphatic carbocycles. The van der Waals surface area contributed by atoms with E-state index in [1.165, 1.54) is 0 Å². The van der Waals surface area contributed by atoms with Gasteiger partial charge in [-0.3, -0.25) is 0 Å². The van der Waals surface area contributed by atoms with E-state index < -0.39 is 125 Å². The Balaban J connectivity index is 1.36. The zero-order chi connectivity index (χ0) is 47.2. The molecule has 0 unspecified atom stereocenters. The van der Waals surface area contributed by atoms with Gasteiger partial charge >= 0.3 is 0 Å². The normalized spacial score (nSPS) is 15.7. The lowest BCUT2D eigenvalue weighted by Crippen LogP contribution is -2.09. The number of hydrogen-bond acceptors (Lipinski definition) is 1. The largest absolute Gasteiger partial charge is 0.311 e. The fourth-order valence-electron chi connectivity index (χ4n) is 6.12. The summed E-state index contributed by atoms with van der Waals surface area (Å²) in [5, 5.41) is -0.716. The molecule has 0 aliphatic heterocycles. The van der Waals surface area contributed by atoms with Gasteiger partial charge in [-0.25, -0.2) is 0 Å². The highest BCUT2D eigenvalue weighted by Gasteiger charge is 2.17. The average molecular weight is 655 g/mol. The van der Waals surface area contributed by atoms with Crippen molar-refractivity contribution < 1.29 is 21.9 Å². The van der Waals surface area contributed by atoms with Crippen LogP contribution in [0, 0.1) is 0 Å². The minimum Gasteiger partial charge on any atom is -0.311 e. The van der Waals surface area contributed by atoms with Crippen LogP contribution in [0.1, 0.15) is 21.9 Å².